The molecular weight excluding hydrogens is 262 g/mol. The molecule has 20 heavy (non-hydrogen) atoms. The van der Waals surface area contributed by atoms with E-state index in [9.17, 15) is 14.4 Å². The fraction of sp³-hybridized carbons (Fsp3) is 0.500. The number of hydrogen-bond acceptors (Lipinski definition) is 4. The topological polar surface area (TPSA) is 104 Å². The maximum absolute atomic E-state index is 11.2. The first-order chi connectivity index (χ1) is 9.40. The van der Waals surface area contributed by atoms with E-state index in [2.05, 4.69) is 11.4 Å². The minimum Gasteiger partial charge on any atom is -0.478 e. The zero-order valence-corrected chi connectivity index (χ0v) is 11.3. The van der Waals surface area contributed by atoms with E-state index >= 15 is 0 Å². The summed E-state index contributed by atoms with van der Waals surface area (Å²) in [4.78, 5) is 30.3. The number of rotatable bonds is 3. The number of carbonyl (C=O) groups excluding carboxylic acids is 1. The van der Waals surface area contributed by atoms with Crippen molar-refractivity contribution in [2.45, 2.75) is 44.7 Å². The van der Waals surface area contributed by atoms with E-state index in [1.165, 1.54) is 12.8 Å². The highest BCUT2D eigenvalue weighted by Crippen LogP contribution is 2.26. The van der Waals surface area contributed by atoms with Crippen molar-refractivity contribution < 1.29 is 24.6 Å². The van der Waals surface area contributed by atoms with Crippen LogP contribution in [-0.2, 0) is 14.4 Å². The Balaban J connectivity index is 0.000000221. The van der Waals surface area contributed by atoms with Crippen molar-refractivity contribution in [3.63, 3.8) is 0 Å². The van der Waals surface area contributed by atoms with E-state index in [0.29, 0.717) is 24.2 Å². The molecule has 1 saturated heterocycles. The molecule has 0 aromatic carbocycles. The third kappa shape index (κ3) is 5.36. The Morgan fingerprint density at radius 2 is 1.75 bits per heavy atom. The van der Waals surface area contributed by atoms with E-state index in [4.69, 9.17) is 10.2 Å². The lowest BCUT2D eigenvalue weighted by atomic mass is 9.98. The van der Waals surface area contributed by atoms with Crippen LogP contribution in [0.15, 0.2) is 23.8 Å². The first kappa shape index (κ1) is 16.1. The van der Waals surface area contributed by atoms with Gasteiger partial charge in [-0.05, 0) is 32.6 Å². The average molecular weight is 281 g/mol. The number of hydrogen-bond donors (Lipinski definition) is 3. The summed E-state index contributed by atoms with van der Waals surface area (Å²) in [6.07, 6.45) is 7.91. The molecule has 1 fully saturated rings. The van der Waals surface area contributed by atoms with Gasteiger partial charge in [-0.2, -0.15) is 0 Å². The third-order valence-corrected chi connectivity index (χ3v) is 3.27. The Labute approximate surface area is 117 Å². The van der Waals surface area contributed by atoms with Crippen LogP contribution in [0.5, 0.6) is 0 Å². The van der Waals surface area contributed by atoms with Crippen molar-refractivity contribution in [1.29, 1.82) is 0 Å². The number of carboxylic acids is 2. The largest absolute Gasteiger partial charge is 0.478 e. The molecule has 2 rings (SSSR count). The SMILES string of the molecule is CC(=O)C1=CCC[C@@H]2CC[C@H]1N2.O=C(O)/C=C/C(=O)O. The standard InChI is InChI=1S/C10H15NO.C4H4O4/c1-7(12)9-4-2-3-8-5-6-10(9)11-8;5-3(6)1-2-4(7)8/h4,8,10-11H,2-3,5-6H2,1H3;1-2H,(H,5,6)(H,7,8)/b;2-1+/t8-,10-;/m1./s1. The normalized spacial score (nSPS) is 24.4. The molecule has 0 aromatic rings. The van der Waals surface area contributed by atoms with Crippen LogP contribution in [-0.4, -0.2) is 40.0 Å². The van der Waals surface area contributed by atoms with Gasteiger partial charge in [0.25, 0.3) is 0 Å². The van der Waals surface area contributed by atoms with Gasteiger partial charge in [0, 0.05) is 29.8 Å². The van der Waals surface area contributed by atoms with Crippen LogP contribution in [0.1, 0.15) is 32.6 Å². The molecule has 0 aromatic heterocycles. The van der Waals surface area contributed by atoms with Crippen LogP contribution in [0.2, 0.25) is 0 Å². The molecule has 3 N–H and O–H groups in total. The van der Waals surface area contributed by atoms with E-state index in [1.54, 1.807) is 6.92 Å². The molecule has 2 aliphatic rings. The first-order valence-electron chi connectivity index (χ1n) is 6.51. The Morgan fingerprint density at radius 3 is 2.25 bits per heavy atom. The molecule has 2 aliphatic heterocycles. The van der Waals surface area contributed by atoms with Crippen LogP contribution in [0.25, 0.3) is 0 Å². The van der Waals surface area contributed by atoms with Crippen molar-refractivity contribution in [2.75, 3.05) is 0 Å². The van der Waals surface area contributed by atoms with Crippen LogP contribution >= 0.6 is 0 Å². The number of carboxylic acid groups (broad SMARTS) is 2. The fourth-order valence-corrected chi connectivity index (χ4v) is 2.41. The molecule has 0 unspecified atom stereocenters. The zero-order chi connectivity index (χ0) is 15.1. The molecular formula is C14H19NO5. The molecule has 2 heterocycles. The average Bonchev–Trinajstić information content (AvgIpc) is 2.68. The van der Waals surface area contributed by atoms with Crippen molar-refractivity contribution in [3.05, 3.63) is 23.8 Å². The molecule has 2 atom stereocenters. The van der Waals surface area contributed by atoms with Crippen molar-refractivity contribution in [1.82, 2.24) is 5.32 Å². The Bertz CT molecular complexity index is 436. The second-order valence-electron chi connectivity index (χ2n) is 4.80. The van der Waals surface area contributed by atoms with Gasteiger partial charge in [0.1, 0.15) is 0 Å². The Kier molecular flexibility index (Phi) is 6.11. The number of allylic oxidation sites excluding steroid dienone is 1. The molecule has 2 bridgehead atoms. The van der Waals surface area contributed by atoms with Gasteiger partial charge in [0.2, 0.25) is 0 Å². The lowest BCUT2D eigenvalue weighted by Crippen LogP contribution is -2.30. The molecule has 6 nitrogen and oxygen atoms in total. The summed E-state index contributed by atoms with van der Waals surface area (Å²) < 4.78 is 0. The van der Waals surface area contributed by atoms with E-state index in [0.717, 1.165) is 18.4 Å². The lowest BCUT2D eigenvalue weighted by Gasteiger charge is -2.11. The summed E-state index contributed by atoms with van der Waals surface area (Å²) in [5, 5.41) is 19.1. The van der Waals surface area contributed by atoms with Crippen LogP contribution in [0.4, 0.5) is 0 Å². The van der Waals surface area contributed by atoms with Crippen LogP contribution < -0.4 is 5.32 Å². The second kappa shape index (κ2) is 7.59. The summed E-state index contributed by atoms with van der Waals surface area (Å²) in [5.74, 6) is -2.27. The summed E-state index contributed by atoms with van der Waals surface area (Å²) in [6.45, 7) is 1.67. The number of ketones is 1. The molecule has 6 heteroatoms. The smallest absolute Gasteiger partial charge is 0.328 e. The molecule has 0 radical (unpaired) electrons. The summed E-state index contributed by atoms with van der Waals surface area (Å²) in [7, 11) is 0. The van der Waals surface area contributed by atoms with E-state index in [-0.39, 0.29) is 5.78 Å². The van der Waals surface area contributed by atoms with Gasteiger partial charge in [0.15, 0.2) is 5.78 Å². The molecule has 0 amide bonds. The second-order valence-corrected chi connectivity index (χ2v) is 4.80. The predicted octanol–water partition coefficient (Wildman–Crippen LogP) is 1.13. The number of carbonyl (C=O) groups is 3. The molecule has 0 saturated carbocycles. The quantitative estimate of drug-likeness (QED) is 0.670. The third-order valence-electron chi connectivity index (χ3n) is 3.27. The minimum atomic E-state index is -1.26. The lowest BCUT2D eigenvalue weighted by molar-refractivity contribution is -0.134. The van der Waals surface area contributed by atoms with Gasteiger partial charge in [-0.25, -0.2) is 9.59 Å². The minimum absolute atomic E-state index is 0.245. The summed E-state index contributed by atoms with van der Waals surface area (Å²) >= 11 is 0. The van der Waals surface area contributed by atoms with Gasteiger partial charge in [-0.3, -0.25) is 4.79 Å². The summed E-state index contributed by atoms with van der Waals surface area (Å²) in [5.41, 5.74) is 1.02. The number of Topliss-reactive ketones (excluding diaryl/α,β-unsaturated/α-hetero) is 1. The summed E-state index contributed by atoms with van der Waals surface area (Å²) in [6, 6.07) is 1.04. The highest BCUT2D eigenvalue weighted by atomic mass is 16.4. The van der Waals surface area contributed by atoms with Crippen LogP contribution in [0.3, 0.4) is 0 Å². The van der Waals surface area contributed by atoms with Crippen molar-refractivity contribution in [2.24, 2.45) is 0 Å². The van der Waals surface area contributed by atoms with Crippen molar-refractivity contribution in [3.8, 4) is 0 Å². The van der Waals surface area contributed by atoms with E-state index < -0.39 is 11.9 Å². The van der Waals surface area contributed by atoms with Gasteiger partial charge in [0.05, 0.1) is 0 Å². The molecule has 0 aliphatic carbocycles. The Hall–Kier alpha value is -1.95. The number of aliphatic carboxylic acids is 2. The first-order valence-corrected chi connectivity index (χ1v) is 6.51. The zero-order valence-electron chi connectivity index (χ0n) is 11.3. The van der Waals surface area contributed by atoms with Crippen LogP contribution in [0, 0.1) is 0 Å². The Morgan fingerprint density at radius 1 is 1.15 bits per heavy atom. The van der Waals surface area contributed by atoms with E-state index in [1.807, 2.05) is 0 Å². The van der Waals surface area contributed by atoms with Gasteiger partial charge in [-0.1, -0.05) is 6.08 Å². The van der Waals surface area contributed by atoms with Gasteiger partial charge in [-0.15, -0.1) is 0 Å². The maximum atomic E-state index is 11.2. The van der Waals surface area contributed by atoms with Crippen molar-refractivity contribution >= 4 is 17.7 Å². The maximum Gasteiger partial charge on any atom is 0.328 e. The molecule has 0 spiro atoms. The predicted molar refractivity (Wildman–Crippen MR) is 72.4 cm³/mol. The highest BCUT2D eigenvalue weighted by Gasteiger charge is 2.29. The number of fused-ring (bicyclic) bond motifs is 2. The fourth-order valence-electron chi connectivity index (χ4n) is 2.41. The van der Waals surface area contributed by atoms with Gasteiger partial charge < -0.3 is 15.5 Å². The monoisotopic (exact) mass is 281 g/mol. The molecule has 110 valence electrons. The van der Waals surface area contributed by atoms with Gasteiger partial charge >= 0.3 is 11.9 Å². The highest BCUT2D eigenvalue weighted by molar-refractivity contribution is 5.94. The number of nitrogens with one attached hydrogen (secondary N) is 1.